The molecular weight excluding hydrogens is 446 g/mol. The van der Waals surface area contributed by atoms with Crippen LogP contribution in [-0.2, 0) is 17.5 Å². The Labute approximate surface area is 183 Å². The molecule has 0 aliphatic carbocycles. The van der Waals surface area contributed by atoms with Crippen molar-refractivity contribution in [2.45, 2.75) is 19.1 Å². The molecule has 0 radical (unpaired) electrons. The van der Waals surface area contributed by atoms with Crippen LogP contribution < -0.4 is 5.73 Å². The lowest BCUT2D eigenvalue weighted by Gasteiger charge is -2.19. The van der Waals surface area contributed by atoms with Crippen molar-refractivity contribution in [1.82, 2.24) is 4.57 Å². The van der Waals surface area contributed by atoms with Crippen molar-refractivity contribution < 1.29 is 37.1 Å². The van der Waals surface area contributed by atoms with Crippen LogP contribution in [0.2, 0.25) is 0 Å². The number of nitrogens with two attached hydrogens (primary N) is 1. The van der Waals surface area contributed by atoms with Gasteiger partial charge < -0.3 is 15.4 Å². The minimum absolute atomic E-state index is 0.00482. The Bertz CT molecular complexity index is 1370. The Morgan fingerprint density at radius 3 is 2.55 bits per heavy atom. The molecule has 0 saturated carbocycles. The van der Waals surface area contributed by atoms with Gasteiger partial charge in [-0.1, -0.05) is 12.1 Å². The maximum absolute atomic E-state index is 13.6. The molecule has 0 spiro atoms. The van der Waals surface area contributed by atoms with Gasteiger partial charge in [-0.15, -0.1) is 0 Å². The number of amides is 1. The number of Topliss-reactive ketones (excluding diaryl/α,β-unsaturated/α-hetero) is 1. The molecule has 0 atom stereocenters. The summed E-state index contributed by atoms with van der Waals surface area (Å²) >= 11 is 0. The summed E-state index contributed by atoms with van der Waals surface area (Å²) in [5.74, 6) is -3.75. The molecule has 1 amide bonds. The number of alkyl halides is 3. The quantitative estimate of drug-likeness (QED) is 0.567. The molecule has 1 aromatic heterocycles. The van der Waals surface area contributed by atoms with Gasteiger partial charge in [-0.3, -0.25) is 19.4 Å². The number of halogens is 4. The highest BCUT2D eigenvalue weighted by atomic mass is 19.4. The number of hydrogen-bond acceptors (Lipinski definition) is 4. The molecule has 0 fully saturated rings. The molecule has 0 unspecified atom stereocenters. The second kappa shape index (κ2) is 7.84. The van der Waals surface area contributed by atoms with Crippen LogP contribution in [0.3, 0.4) is 0 Å². The number of nitrogens with zero attached hydrogens (tertiary/aromatic N) is 2. The largest absolute Gasteiger partial charge is 0.481 e. The van der Waals surface area contributed by atoms with Gasteiger partial charge in [-0.25, -0.2) is 4.39 Å². The predicted octanol–water partition coefficient (Wildman–Crippen LogP) is 3.41. The normalized spacial score (nSPS) is 13.7. The molecule has 4 rings (SSSR count). The second-order valence-corrected chi connectivity index (χ2v) is 7.43. The van der Waals surface area contributed by atoms with Crippen LogP contribution in [0, 0.1) is 5.82 Å². The van der Waals surface area contributed by atoms with Crippen molar-refractivity contribution in [3.63, 3.8) is 0 Å². The molecule has 170 valence electrons. The Kier molecular flexibility index (Phi) is 5.27. The third-order valence-corrected chi connectivity index (χ3v) is 5.35. The summed E-state index contributed by atoms with van der Waals surface area (Å²) in [4.78, 5) is 40.3. The van der Waals surface area contributed by atoms with E-state index in [4.69, 9.17) is 5.73 Å². The van der Waals surface area contributed by atoms with Gasteiger partial charge in [0.15, 0.2) is 5.78 Å². The molecule has 2 heterocycles. The summed E-state index contributed by atoms with van der Waals surface area (Å²) in [5, 5.41) is 9.41. The van der Waals surface area contributed by atoms with E-state index in [0.29, 0.717) is 6.07 Å². The van der Waals surface area contributed by atoms with E-state index >= 15 is 0 Å². The number of benzene rings is 2. The van der Waals surface area contributed by atoms with Crippen LogP contribution in [-0.4, -0.2) is 39.6 Å². The number of carboxylic acids is 1. The maximum Gasteiger partial charge on any atom is 0.416 e. The molecule has 0 bridgehead atoms. The van der Waals surface area contributed by atoms with Gasteiger partial charge >= 0.3 is 12.1 Å². The Hall–Kier alpha value is -4.02. The molecule has 1 aliphatic heterocycles. The highest BCUT2D eigenvalue weighted by Gasteiger charge is 2.36. The predicted molar refractivity (Wildman–Crippen MR) is 109 cm³/mol. The zero-order valence-corrected chi connectivity index (χ0v) is 16.7. The molecule has 0 saturated heterocycles. The Morgan fingerprint density at radius 2 is 1.91 bits per heavy atom. The highest BCUT2D eigenvalue weighted by molar-refractivity contribution is 6.26. The van der Waals surface area contributed by atoms with Crippen molar-refractivity contribution in [2.75, 3.05) is 6.54 Å². The summed E-state index contributed by atoms with van der Waals surface area (Å²) in [6, 6.07) is 6.48. The van der Waals surface area contributed by atoms with E-state index in [9.17, 15) is 37.1 Å². The van der Waals surface area contributed by atoms with Crippen molar-refractivity contribution in [3.8, 4) is 0 Å². The zero-order valence-electron chi connectivity index (χ0n) is 16.7. The molecule has 11 heteroatoms. The fourth-order valence-corrected chi connectivity index (χ4v) is 4.07. The summed E-state index contributed by atoms with van der Waals surface area (Å²) in [7, 11) is 0. The minimum Gasteiger partial charge on any atom is -0.481 e. The molecule has 7 nitrogen and oxygen atoms in total. The first-order chi connectivity index (χ1) is 15.5. The number of fused-ring (bicyclic) bond motifs is 3. The summed E-state index contributed by atoms with van der Waals surface area (Å²) in [5.41, 5.74) is 4.02. The van der Waals surface area contributed by atoms with E-state index in [0.717, 1.165) is 12.1 Å². The minimum atomic E-state index is -4.87. The second-order valence-electron chi connectivity index (χ2n) is 7.43. The third-order valence-electron chi connectivity index (χ3n) is 5.35. The van der Waals surface area contributed by atoms with E-state index in [1.165, 1.54) is 22.8 Å². The van der Waals surface area contributed by atoms with E-state index in [2.05, 4.69) is 4.99 Å². The number of primary amides is 1. The zero-order chi connectivity index (χ0) is 24.1. The first-order valence-corrected chi connectivity index (χ1v) is 9.58. The van der Waals surface area contributed by atoms with Gasteiger partial charge in [0, 0.05) is 17.5 Å². The van der Waals surface area contributed by atoms with Crippen molar-refractivity contribution in [3.05, 3.63) is 70.2 Å². The molecule has 33 heavy (non-hydrogen) atoms. The molecular formula is C22H15F4N3O4. The van der Waals surface area contributed by atoms with E-state index in [1.54, 1.807) is 0 Å². The van der Waals surface area contributed by atoms with Crippen LogP contribution in [0.4, 0.5) is 17.6 Å². The lowest BCUT2D eigenvalue weighted by atomic mass is 9.96. The standard InChI is InChI=1S/C22H15F4N3O4/c23-11-5-4-10(13(6-11)22(24,25)26)9-29-15-3-1-2-12(21(27)33)18(15)19-16(30)8-28-14(20(19)29)7-17(31)32/h1-6H,7-9H2,(H2,27,33)(H,31,32). The van der Waals surface area contributed by atoms with Gasteiger partial charge in [-0.2, -0.15) is 13.2 Å². The van der Waals surface area contributed by atoms with Crippen LogP contribution in [0.15, 0.2) is 41.4 Å². The molecule has 3 N–H and O–H groups in total. The first kappa shape index (κ1) is 22.2. The smallest absolute Gasteiger partial charge is 0.416 e. The van der Waals surface area contributed by atoms with Crippen LogP contribution >= 0.6 is 0 Å². The van der Waals surface area contributed by atoms with Gasteiger partial charge in [0.25, 0.3) is 0 Å². The number of carboxylic acid groups (broad SMARTS) is 1. The number of aliphatic imine (C=N–C) groups is 1. The summed E-state index contributed by atoms with van der Waals surface area (Å²) < 4.78 is 55.7. The Balaban J connectivity index is 2.06. The SMILES string of the molecule is NC(=O)c1cccc2c1c1c(n2Cc2ccc(F)cc2C(F)(F)F)C(CC(=O)O)=NCC1=O. The summed E-state index contributed by atoms with van der Waals surface area (Å²) in [6.07, 6.45) is -5.47. The van der Waals surface area contributed by atoms with Gasteiger partial charge in [0.05, 0.1) is 34.5 Å². The number of carbonyl (C=O) groups excluding carboxylic acids is 2. The number of rotatable bonds is 5. The van der Waals surface area contributed by atoms with E-state index < -0.39 is 48.2 Å². The third kappa shape index (κ3) is 3.86. The number of aliphatic carboxylic acids is 1. The maximum atomic E-state index is 13.6. The van der Waals surface area contributed by atoms with Crippen LogP contribution in [0.5, 0.6) is 0 Å². The Morgan fingerprint density at radius 1 is 1.18 bits per heavy atom. The van der Waals surface area contributed by atoms with Crippen LogP contribution in [0.25, 0.3) is 10.9 Å². The number of aromatic nitrogens is 1. The van der Waals surface area contributed by atoms with E-state index in [-0.39, 0.29) is 45.5 Å². The summed E-state index contributed by atoms with van der Waals surface area (Å²) in [6.45, 7) is -0.874. The molecule has 3 aromatic rings. The van der Waals surface area contributed by atoms with E-state index in [1.807, 2.05) is 0 Å². The number of carbonyl (C=O) groups is 3. The average Bonchev–Trinajstić information content (AvgIpc) is 3.05. The number of ketones is 1. The van der Waals surface area contributed by atoms with Crippen molar-refractivity contribution in [2.24, 2.45) is 10.7 Å². The monoisotopic (exact) mass is 461 g/mol. The van der Waals surface area contributed by atoms with Crippen molar-refractivity contribution in [1.29, 1.82) is 0 Å². The number of hydrogen-bond donors (Lipinski definition) is 2. The van der Waals surface area contributed by atoms with Gasteiger partial charge in [0.1, 0.15) is 12.4 Å². The lowest BCUT2D eigenvalue weighted by Crippen LogP contribution is -2.24. The van der Waals surface area contributed by atoms with Gasteiger partial charge in [-0.05, 0) is 29.8 Å². The highest BCUT2D eigenvalue weighted by Crippen LogP contribution is 2.37. The van der Waals surface area contributed by atoms with Crippen LogP contribution in [0.1, 0.15) is 44.0 Å². The first-order valence-electron chi connectivity index (χ1n) is 9.58. The fourth-order valence-electron chi connectivity index (χ4n) is 4.07. The fraction of sp³-hybridized carbons (Fsp3) is 0.182. The molecule has 2 aromatic carbocycles. The topological polar surface area (TPSA) is 115 Å². The average molecular weight is 461 g/mol. The molecule has 1 aliphatic rings. The van der Waals surface area contributed by atoms with Gasteiger partial charge in [0.2, 0.25) is 5.91 Å². The lowest BCUT2D eigenvalue weighted by molar-refractivity contribution is -0.138. The van der Waals surface area contributed by atoms with Crippen molar-refractivity contribution >= 4 is 34.3 Å².